The van der Waals surface area contributed by atoms with E-state index in [2.05, 4.69) is 20.6 Å². The molecule has 0 radical (unpaired) electrons. The molecule has 1 amide bonds. The molecule has 27 heavy (non-hydrogen) atoms. The minimum atomic E-state index is -0.927. The summed E-state index contributed by atoms with van der Waals surface area (Å²) in [6.07, 6.45) is 2.48. The monoisotopic (exact) mass is 369 g/mol. The number of hydrogen-bond donors (Lipinski definition) is 1. The Morgan fingerprint density at radius 2 is 2.07 bits per heavy atom. The SMILES string of the molecule is CCC(OC(=O)c1ccc(Cn2cncn2)cc1)C(=O)Nc1cc(C)on1. The molecule has 1 atom stereocenters. The molecule has 1 aromatic carbocycles. The van der Waals surface area contributed by atoms with E-state index >= 15 is 0 Å². The van der Waals surface area contributed by atoms with Crippen LogP contribution in [0.15, 0.2) is 47.5 Å². The summed E-state index contributed by atoms with van der Waals surface area (Å²) < 4.78 is 11.9. The minimum absolute atomic E-state index is 0.282. The average molecular weight is 369 g/mol. The molecule has 3 aromatic rings. The second-order valence-electron chi connectivity index (χ2n) is 5.90. The van der Waals surface area contributed by atoms with Crippen molar-refractivity contribution in [3.63, 3.8) is 0 Å². The average Bonchev–Trinajstić information content (AvgIpc) is 3.31. The highest BCUT2D eigenvalue weighted by Crippen LogP contribution is 2.12. The maximum Gasteiger partial charge on any atom is 0.338 e. The summed E-state index contributed by atoms with van der Waals surface area (Å²) in [4.78, 5) is 28.5. The normalized spacial score (nSPS) is 11.8. The Bertz CT molecular complexity index is 902. The van der Waals surface area contributed by atoms with Crippen molar-refractivity contribution in [1.29, 1.82) is 0 Å². The second kappa shape index (κ2) is 8.26. The quantitative estimate of drug-likeness (QED) is 0.635. The van der Waals surface area contributed by atoms with Crippen LogP contribution in [-0.2, 0) is 16.1 Å². The lowest BCUT2D eigenvalue weighted by Gasteiger charge is -2.15. The summed E-state index contributed by atoms with van der Waals surface area (Å²) >= 11 is 0. The number of carbonyl (C=O) groups is 2. The zero-order chi connectivity index (χ0) is 19.2. The van der Waals surface area contributed by atoms with Crippen LogP contribution >= 0.6 is 0 Å². The third kappa shape index (κ3) is 4.78. The molecule has 1 unspecified atom stereocenters. The lowest BCUT2D eigenvalue weighted by Crippen LogP contribution is -2.32. The Kier molecular flexibility index (Phi) is 5.60. The number of esters is 1. The molecule has 0 aliphatic heterocycles. The van der Waals surface area contributed by atoms with Gasteiger partial charge in [-0.3, -0.25) is 4.79 Å². The highest BCUT2D eigenvalue weighted by Gasteiger charge is 2.23. The zero-order valence-corrected chi connectivity index (χ0v) is 15.0. The molecular weight excluding hydrogens is 350 g/mol. The topological polar surface area (TPSA) is 112 Å². The molecule has 0 fully saturated rings. The van der Waals surface area contributed by atoms with Crippen LogP contribution in [0.25, 0.3) is 0 Å². The highest BCUT2D eigenvalue weighted by molar-refractivity contribution is 5.97. The van der Waals surface area contributed by atoms with Gasteiger partial charge in [0.1, 0.15) is 18.4 Å². The van der Waals surface area contributed by atoms with Gasteiger partial charge in [-0.25, -0.2) is 14.5 Å². The van der Waals surface area contributed by atoms with Crippen molar-refractivity contribution in [2.24, 2.45) is 0 Å². The number of aryl methyl sites for hydroxylation is 1. The van der Waals surface area contributed by atoms with Gasteiger partial charge in [-0.05, 0) is 31.0 Å². The van der Waals surface area contributed by atoms with Crippen molar-refractivity contribution in [3.05, 3.63) is 59.9 Å². The Morgan fingerprint density at radius 1 is 1.30 bits per heavy atom. The molecule has 0 saturated heterocycles. The van der Waals surface area contributed by atoms with Gasteiger partial charge in [-0.15, -0.1) is 0 Å². The molecule has 0 spiro atoms. The van der Waals surface area contributed by atoms with Crippen LogP contribution in [0.5, 0.6) is 0 Å². The van der Waals surface area contributed by atoms with Gasteiger partial charge in [-0.2, -0.15) is 5.10 Å². The number of anilines is 1. The number of benzene rings is 1. The van der Waals surface area contributed by atoms with E-state index in [0.29, 0.717) is 24.3 Å². The first-order valence-electron chi connectivity index (χ1n) is 8.41. The second-order valence-corrected chi connectivity index (χ2v) is 5.90. The van der Waals surface area contributed by atoms with E-state index in [1.165, 1.54) is 6.33 Å². The van der Waals surface area contributed by atoms with Gasteiger partial charge in [-0.1, -0.05) is 24.2 Å². The van der Waals surface area contributed by atoms with Crippen LogP contribution < -0.4 is 5.32 Å². The fourth-order valence-electron chi connectivity index (χ4n) is 2.40. The third-order valence-corrected chi connectivity index (χ3v) is 3.79. The van der Waals surface area contributed by atoms with Crippen molar-refractivity contribution in [1.82, 2.24) is 19.9 Å². The minimum Gasteiger partial charge on any atom is -0.449 e. The number of rotatable bonds is 7. The van der Waals surface area contributed by atoms with Gasteiger partial charge in [0, 0.05) is 6.07 Å². The van der Waals surface area contributed by atoms with E-state index < -0.39 is 18.0 Å². The lowest BCUT2D eigenvalue weighted by atomic mass is 10.1. The number of aromatic nitrogens is 4. The van der Waals surface area contributed by atoms with Gasteiger partial charge in [0.05, 0.1) is 12.1 Å². The molecule has 0 saturated carbocycles. The number of hydrogen-bond acceptors (Lipinski definition) is 7. The van der Waals surface area contributed by atoms with E-state index in [4.69, 9.17) is 9.26 Å². The Balaban J connectivity index is 1.59. The molecule has 140 valence electrons. The summed E-state index contributed by atoms with van der Waals surface area (Å²) in [7, 11) is 0. The number of nitrogens with one attached hydrogen (secondary N) is 1. The number of carbonyl (C=O) groups excluding carboxylic acids is 2. The molecule has 0 bridgehead atoms. The van der Waals surface area contributed by atoms with E-state index in [1.807, 2.05) is 0 Å². The van der Waals surface area contributed by atoms with Crippen molar-refractivity contribution < 1.29 is 18.8 Å². The standard InChI is InChI=1S/C18H19N5O4/c1-3-15(17(24)21-16-8-12(2)27-22-16)26-18(25)14-6-4-13(5-7-14)9-23-11-19-10-20-23/h4-8,10-11,15H,3,9H2,1-2H3,(H,21,22,24). The van der Waals surface area contributed by atoms with Crippen LogP contribution in [0, 0.1) is 6.92 Å². The zero-order valence-electron chi connectivity index (χ0n) is 15.0. The first-order valence-corrected chi connectivity index (χ1v) is 8.41. The molecular formula is C18H19N5O4. The van der Waals surface area contributed by atoms with Crippen LogP contribution in [0.1, 0.15) is 35.0 Å². The van der Waals surface area contributed by atoms with Crippen molar-refractivity contribution >= 4 is 17.7 Å². The molecule has 9 nitrogen and oxygen atoms in total. The lowest BCUT2D eigenvalue weighted by molar-refractivity contribution is -0.124. The van der Waals surface area contributed by atoms with Crippen molar-refractivity contribution in [2.45, 2.75) is 32.9 Å². The van der Waals surface area contributed by atoms with E-state index in [0.717, 1.165) is 5.56 Å². The molecule has 0 aliphatic carbocycles. The van der Waals surface area contributed by atoms with Gasteiger partial charge in [0.15, 0.2) is 11.9 Å². The molecule has 2 aromatic heterocycles. The summed E-state index contributed by atoms with van der Waals surface area (Å²) in [6, 6.07) is 8.50. The van der Waals surface area contributed by atoms with Crippen LogP contribution in [0.3, 0.4) is 0 Å². The summed E-state index contributed by atoms with van der Waals surface area (Å²) in [5.41, 5.74) is 1.32. The van der Waals surface area contributed by atoms with Crippen LogP contribution in [-0.4, -0.2) is 37.9 Å². The summed E-state index contributed by atoms with van der Waals surface area (Å²) in [6.45, 7) is 4.02. The molecule has 9 heteroatoms. The largest absolute Gasteiger partial charge is 0.449 e. The number of nitrogens with zero attached hydrogens (tertiary/aromatic N) is 4. The van der Waals surface area contributed by atoms with E-state index in [-0.39, 0.29) is 5.82 Å². The van der Waals surface area contributed by atoms with Gasteiger partial charge in [0.2, 0.25) is 0 Å². The maximum absolute atomic E-state index is 12.3. The number of ether oxygens (including phenoxy) is 1. The van der Waals surface area contributed by atoms with E-state index in [9.17, 15) is 9.59 Å². The highest BCUT2D eigenvalue weighted by atomic mass is 16.5. The smallest absolute Gasteiger partial charge is 0.338 e. The van der Waals surface area contributed by atoms with Gasteiger partial charge in [0.25, 0.3) is 5.91 Å². The number of amides is 1. The van der Waals surface area contributed by atoms with Crippen molar-refractivity contribution in [3.8, 4) is 0 Å². The Labute approximate surface area is 155 Å². The maximum atomic E-state index is 12.3. The predicted molar refractivity (Wildman–Crippen MR) is 94.9 cm³/mol. The first kappa shape index (κ1) is 18.3. The molecule has 1 N–H and O–H groups in total. The first-order chi connectivity index (χ1) is 13.0. The molecule has 3 rings (SSSR count). The molecule has 2 heterocycles. The van der Waals surface area contributed by atoms with Crippen LogP contribution in [0.4, 0.5) is 5.82 Å². The third-order valence-electron chi connectivity index (χ3n) is 3.79. The van der Waals surface area contributed by atoms with Crippen LogP contribution in [0.2, 0.25) is 0 Å². The summed E-state index contributed by atoms with van der Waals surface area (Å²) in [5, 5.41) is 10.3. The van der Waals surface area contributed by atoms with Gasteiger partial charge < -0.3 is 14.6 Å². The fraction of sp³-hybridized carbons (Fsp3) is 0.278. The molecule has 0 aliphatic rings. The van der Waals surface area contributed by atoms with Crippen molar-refractivity contribution in [2.75, 3.05) is 5.32 Å². The predicted octanol–water partition coefficient (Wildman–Crippen LogP) is 2.20. The summed E-state index contributed by atoms with van der Waals surface area (Å²) in [5.74, 6) is -0.173. The van der Waals surface area contributed by atoms with E-state index in [1.54, 1.807) is 55.2 Å². The Morgan fingerprint density at radius 3 is 2.67 bits per heavy atom. The fourth-order valence-corrected chi connectivity index (χ4v) is 2.40. The van der Waals surface area contributed by atoms with Gasteiger partial charge >= 0.3 is 5.97 Å². The Hall–Kier alpha value is -3.49.